The minimum atomic E-state index is -1.27. The number of halogens is 3. The molecule has 5 heteroatoms. The van der Waals surface area contributed by atoms with E-state index in [0.717, 1.165) is 23.3 Å². The summed E-state index contributed by atoms with van der Waals surface area (Å²) in [4.78, 5) is 12.1. The standard InChI is InChI=1S/C20H14F3NO/c1-12-5-2-3-6-14(12)13-9-10-18(17(22)11-13)24-20(25)15-7-4-8-16(21)19(15)23/h2-11H,1H3,(H,24,25). The molecule has 0 saturated carbocycles. The normalized spacial score (nSPS) is 10.6. The topological polar surface area (TPSA) is 29.1 Å². The molecule has 2 nitrogen and oxygen atoms in total. The van der Waals surface area contributed by atoms with E-state index < -0.39 is 28.9 Å². The number of hydrogen-bond acceptors (Lipinski definition) is 1. The molecule has 1 N–H and O–H groups in total. The molecule has 3 rings (SSSR count). The van der Waals surface area contributed by atoms with Crippen LogP contribution >= 0.6 is 0 Å². The van der Waals surface area contributed by atoms with E-state index in [9.17, 15) is 18.0 Å². The van der Waals surface area contributed by atoms with Crippen molar-refractivity contribution in [3.05, 3.63) is 89.2 Å². The quantitative estimate of drug-likeness (QED) is 0.685. The Balaban J connectivity index is 1.88. The molecule has 0 aliphatic heterocycles. The molecule has 3 aromatic rings. The number of benzene rings is 3. The lowest BCUT2D eigenvalue weighted by Gasteiger charge is -2.10. The molecule has 0 saturated heterocycles. The first kappa shape index (κ1) is 16.8. The summed E-state index contributed by atoms with van der Waals surface area (Å²) in [5, 5.41) is 2.27. The molecule has 0 atom stereocenters. The van der Waals surface area contributed by atoms with Gasteiger partial charge >= 0.3 is 0 Å². The van der Waals surface area contributed by atoms with Gasteiger partial charge in [-0.05, 0) is 47.9 Å². The zero-order valence-electron chi connectivity index (χ0n) is 13.3. The Morgan fingerprint density at radius 1 is 0.880 bits per heavy atom. The molecular formula is C20H14F3NO. The van der Waals surface area contributed by atoms with Crippen LogP contribution in [0.15, 0.2) is 60.7 Å². The van der Waals surface area contributed by atoms with E-state index in [1.165, 1.54) is 18.2 Å². The summed E-state index contributed by atoms with van der Waals surface area (Å²) in [7, 11) is 0. The van der Waals surface area contributed by atoms with Gasteiger partial charge in [0.1, 0.15) is 5.82 Å². The summed E-state index contributed by atoms with van der Waals surface area (Å²) < 4.78 is 41.2. The van der Waals surface area contributed by atoms with E-state index in [1.54, 1.807) is 6.07 Å². The zero-order valence-corrected chi connectivity index (χ0v) is 13.3. The van der Waals surface area contributed by atoms with Crippen molar-refractivity contribution >= 4 is 11.6 Å². The molecule has 25 heavy (non-hydrogen) atoms. The summed E-state index contributed by atoms with van der Waals surface area (Å²) in [6, 6.07) is 15.1. The minimum absolute atomic E-state index is 0.106. The summed E-state index contributed by atoms with van der Waals surface area (Å²) in [6.07, 6.45) is 0. The number of carbonyl (C=O) groups is 1. The molecule has 0 spiro atoms. The smallest absolute Gasteiger partial charge is 0.258 e. The maximum absolute atomic E-state index is 14.3. The van der Waals surface area contributed by atoms with Crippen molar-refractivity contribution in [3.8, 4) is 11.1 Å². The molecule has 0 unspecified atom stereocenters. The van der Waals surface area contributed by atoms with E-state index in [1.807, 2.05) is 31.2 Å². The third-order valence-corrected chi connectivity index (χ3v) is 3.87. The van der Waals surface area contributed by atoms with Gasteiger partial charge in [-0.15, -0.1) is 0 Å². The van der Waals surface area contributed by atoms with Gasteiger partial charge < -0.3 is 5.32 Å². The Labute approximate surface area is 142 Å². The van der Waals surface area contributed by atoms with Gasteiger partial charge in [0.25, 0.3) is 5.91 Å². The Kier molecular flexibility index (Phi) is 4.57. The zero-order chi connectivity index (χ0) is 18.0. The maximum Gasteiger partial charge on any atom is 0.258 e. The van der Waals surface area contributed by atoms with Gasteiger partial charge in [0.05, 0.1) is 11.3 Å². The van der Waals surface area contributed by atoms with Gasteiger partial charge in [-0.25, -0.2) is 13.2 Å². The molecule has 1 amide bonds. The molecule has 0 radical (unpaired) electrons. The number of nitrogens with one attached hydrogen (secondary N) is 1. The van der Waals surface area contributed by atoms with Crippen LogP contribution in [-0.2, 0) is 0 Å². The maximum atomic E-state index is 14.3. The molecule has 0 heterocycles. The van der Waals surface area contributed by atoms with Crippen molar-refractivity contribution in [1.29, 1.82) is 0 Å². The van der Waals surface area contributed by atoms with E-state index >= 15 is 0 Å². The Morgan fingerprint density at radius 2 is 1.64 bits per heavy atom. The number of rotatable bonds is 3. The van der Waals surface area contributed by atoms with Crippen molar-refractivity contribution in [2.75, 3.05) is 5.32 Å². The van der Waals surface area contributed by atoms with Crippen molar-refractivity contribution in [2.24, 2.45) is 0 Å². The number of amides is 1. The third kappa shape index (κ3) is 3.40. The van der Waals surface area contributed by atoms with Crippen LogP contribution in [0.4, 0.5) is 18.9 Å². The lowest BCUT2D eigenvalue weighted by Crippen LogP contribution is -2.15. The van der Waals surface area contributed by atoms with Crippen molar-refractivity contribution in [3.63, 3.8) is 0 Å². The first-order chi connectivity index (χ1) is 12.0. The van der Waals surface area contributed by atoms with Crippen LogP contribution in [0, 0.1) is 24.4 Å². The van der Waals surface area contributed by atoms with Crippen molar-refractivity contribution in [2.45, 2.75) is 6.92 Å². The average Bonchev–Trinajstić information content (AvgIpc) is 2.59. The van der Waals surface area contributed by atoms with Crippen LogP contribution in [0.5, 0.6) is 0 Å². The summed E-state index contributed by atoms with van der Waals surface area (Å²) >= 11 is 0. The number of anilines is 1. The second kappa shape index (κ2) is 6.81. The molecule has 0 fully saturated rings. The highest BCUT2D eigenvalue weighted by atomic mass is 19.2. The lowest BCUT2D eigenvalue weighted by atomic mass is 10.0. The summed E-state index contributed by atoms with van der Waals surface area (Å²) in [6.45, 7) is 1.91. The predicted octanol–water partition coefficient (Wildman–Crippen LogP) is 5.33. The summed E-state index contributed by atoms with van der Waals surface area (Å²) in [5.41, 5.74) is 1.93. The first-order valence-electron chi connectivity index (χ1n) is 7.58. The van der Waals surface area contributed by atoms with E-state index in [2.05, 4.69) is 5.32 Å². The Morgan fingerprint density at radius 3 is 2.36 bits per heavy atom. The van der Waals surface area contributed by atoms with Crippen molar-refractivity contribution < 1.29 is 18.0 Å². The van der Waals surface area contributed by atoms with Gasteiger partial charge in [-0.2, -0.15) is 0 Å². The fourth-order valence-electron chi connectivity index (χ4n) is 2.55. The fourth-order valence-corrected chi connectivity index (χ4v) is 2.55. The van der Waals surface area contributed by atoms with E-state index in [0.29, 0.717) is 5.56 Å². The monoisotopic (exact) mass is 341 g/mol. The molecule has 0 aromatic heterocycles. The highest BCUT2D eigenvalue weighted by Gasteiger charge is 2.17. The van der Waals surface area contributed by atoms with Crippen LogP contribution in [0.2, 0.25) is 0 Å². The Bertz CT molecular complexity index is 953. The largest absolute Gasteiger partial charge is 0.319 e. The third-order valence-electron chi connectivity index (χ3n) is 3.87. The van der Waals surface area contributed by atoms with Gasteiger partial charge in [-0.1, -0.05) is 36.4 Å². The second-order valence-electron chi connectivity index (χ2n) is 5.57. The van der Waals surface area contributed by atoms with Gasteiger partial charge in [0, 0.05) is 0 Å². The lowest BCUT2D eigenvalue weighted by molar-refractivity contribution is 0.102. The molecule has 0 aliphatic carbocycles. The molecule has 0 bridgehead atoms. The highest BCUT2D eigenvalue weighted by molar-refractivity contribution is 6.04. The molecule has 0 aliphatic rings. The van der Waals surface area contributed by atoms with E-state index in [4.69, 9.17) is 0 Å². The van der Waals surface area contributed by atoms with Crippen LogP contribution in [0.3, 0.4) is 0 Å². The second-order valence-corrected chi connectivity index (χ2v) is 5.57. The predicted molar refractivity (Wildman–Crippen MR) is 90.9 cm³/mol. The van der Waals surface area contributed by atoms with Gasteiger partial charge in [0.15, 0.2) is 11.6 Å². The van der Waals surface area contributed by atoms with Crippen LogP contribution in [-0.4, -0.2) is 5.91 Å². The molecular weight excluding hydrogens is 327 g/mol. The highest BCUT2D eigenvalue weighted by Crippen LogP contribution is 2.27. The van der Waals surface area contributed by atoms with Crippen LogP contribution in [0.1, 0.15) is 15.9 Å². The first-order valence-corrected chi connectivity index (χ1v) is 7.58. The summed E-state index contributed by atoms with van der Waals surface area (Å²) in [5.74, 6) is -3.98. The SMILES string of the molecule is Cc1ccccc1-c1ccc(NC(=O)c2cccc(F)c2F)c(F)c1. The number of carbonyl (C=O) groups excluding carboxylic acids is 1. The Hall–Kier alpha value is -3.08. The fraction of sp³-hybridized carbons (Fsp3) is 0.0500. The van der Waals surface area contributed by atoms with Crippen molar-refractivity contribution in [1.82, 2.24) is 0 Å². The van der Waals surface area contributed by atoms with E-state index in [-0.39, 0.29) is 5.69 Å². The van der Waals surface area contributed by atoms with Crippen LogP contribution in [0.25, 0.3) is 11.1 Å². The van der Waals surface area contributed by atoms with Gasteiger partial charge in [-0.3, -0.25) is 4.79 Å². The molecule has 3 aromatic carbocycles. The minimum Gasteiger partial charge on any atom is -0.319 e. The molecule has 126 valence electrons. The van der Waals surface area contributed by atoms with Gasteiger partial charge in [0.2, 0.25) is 0 Å². The average molecular weight is 341 g/mol. The number of hydrogen-bond donors (Lipinski definition) is 1. The number of aryl methyl sites for hydroxylation is 1. The van der Waals surface area contributed by atoms with Crippen LogP contribution < -0.4 is 5.32 Å².